The van der Waals surface area contributed by atoms with Crippen molar-refractivity contribution in [3.63, 3.8) is 0 Å². The lowest BCUT2D eigenvalue weighted by Crippen LogP contribution is -2.25. The molecule has 8 nitrogen and oxygen atoms in total. The van der Waals surface area contributed by atoms with E-state index in [9.17, 15) is 9.59 Å². The van der Waals surface area contributed by atoms with Gasteiger partial charge in [0.05, 0.1) is 5.69 Å². The smallest absolute Gasteiger partial charge is 0.252 e. The Morgan fingerprint density at radius 3 is 2.85 bits per heavy atom. The number of aldehydes is 1. The largest absolute Gasteiger partial charge is 0.454 e. The Hall–Kier alpha value is -3.98. The SMILES string of the molecule is Cc1csc(-c2[nH]c(CCCNC(=O)c3ccccc3C=O)nc2-c2ccc3c(c2)OCO3)n1. The number of ether oxygens (including phenoxy) is 2. The fourth-order valence-electron chi connectivity index (χ4n) is 3.78. The molecule has 0 unspecified atom stereocenters. The minimum atomic E-state index is -0.262. The zero-order chi connectivity index (χ0) is 23.5. The highest BCUT2D eigenvalue weighted by Crippen LogP contribution is 2.38. The van der Waals surface area contributed by atoms with Gasteiger partial charge in [0.15, 0.2) is 17.8 Å². The Morgan fingerprint density at radius 1 is 1.18 bits per heavy atom. The van der Waals surface area contributed by atoms with Gasteiger partial charge in [-0.1, -0.05) is 18.2 Å². The van der Waals surface area contributed by atoms with E-state index in [0.717, 1.165) is 39.2 Å². The normalized spacial score (nSPS) is 12.0. The molecule has 1 amide bonds. The van der Waals surface area contributed by atoms with Gasteiger partial charge in [-0.2, -0.15) is 0 Å². The van der Waals surface area contributed by atoms with Gasteiger partial charge in [0.25, 0.3) is 5.91 Å². The van der Waals surface area contributed by atoms with Crippen molar-refractivity contribution in [2.45, 2.75) is 19.8 Å². The van der Waals surface area contributed by atoms with Crippen LogP contribution in [0.4, 0.5) is 0 Å². The first-order valence-corrected chi connectivity index (χ1v) is 11.7. The second kappa shape index (κ2) is 9.48. The fraction of sp³-hybridized carbons (Fsp3) is 0.200. The average Bonchev–Trinajstić information content (AvgIpc) is 3.60. The molecule has 1 aliphatic rings. The van der Waals surface area contributed by atoms with Crippen LogP contribution in [0.25, 0.3) is 22.0 Å². The molecule has 0 spiro atoms. The Kier molecular flexibility index (Phi) is 6.09. The number of hydrogen-bond donors (Lipinski definition) is 2. The van der Waals surface area contributed by atoms with Gasteiger partial charge in [-0.15, -0.1) is 11.3 Å². The minimum absolute atomic E-state index is 0.214. The van der Waals surface area contributed by atoms with Crippen molar-refractivity contribution in [2.24, 2.45) is 0 Å². The molecular formula is C25H22N4O4S. The third-order valence-electron chi connectivity index (χ3n) is 5.44. The molecule has 2 N–H and O–H groups in total. The number of aryl methyl sites for hydroxylation is 2. The van der Waals surface area contributed by atoms with Crippen molar-refractivity contribution < 1.29 is 19.1 Å². The van der Waals surface area contributed by atoms with E-state index in [4.69, 9.17) is 14.5 Å². The molecule has 4 aromatic rings. The van der Waals surface area contributed by atoms with E-state index in [1.807, 2.05) is 30.5 Å². The summed E-state index contributed by atoms with van der Waals surface area (Å²) in [5, 5.41) is 5.75. The molecule has 0 saturated carbocycles. The number of aromatic amines is 1. The number of benzene rings is 2. The number of fused-ring (bicyclic) bond motifs is 1. The molecular weight excluding hydrogens is 452 g/mol. The molecule has 2 aromatic carbocycles. The van der Waals surface area contributed by atoms with Crippen LogP contribution in [0, 0.1) is 6.92 Å². The molecule has 0 radical (unpaired) electrons. The van der Waals surface area contributed by atoms with Gasteiger partial charge in [0, 0.05) is 40.7 Å². The number of rotatable bonds is 8. The first-order chi connectivity index (χ1) is 16.6. The Labute approximate surface area is 200 Å². The Morgan fingerprint density at radius 2 is 2.03 bits per heavy atom. The summed E-state index contributed by atoms with van der Waals surface area (Å²) in [7, 11) is 0. The number of nitrogens with zero attached hydrogens (tertiary/aromatic N) is 2. The van der Waals surface area contributed by atoms with E-state index in [1.165, 1.54) is 0 Å². The highest BCUT2D eigenvalue weighted by Gasteiger charge is 2.20. The molecule has 0 bridgehead atoms. The fourth-order valence-corrected chi connectivity index (χ4v) is 4.57. The Bertz CT molecular complexity index is 1360. The van der Waals surface area contributed by atoms with Crippen LogP contribution < -0.4 is 14.8 Å². The number of carbonyl (C=O) groups is 2. The van der Waals surface area contributed by atoms with Gasteiger partial charge in [-0.3, -0.25) is 9.59 Å². The van der Waals surface area contributed by atoms with E-state index in [-0.39, 0.29) is 12.7 Å². The minimum Gasteiger partial charge on any atom is -0.454 e. The van der Waals surface area contributed by atoms with Crippen molar-refractivity contribution >= 4 is 23.5 Å². The second-order valence-electron chi connectivity index (χ2n) is 7.83. The van der Waals surface area contributed by atoms with E-state index in [1.54, 1.807) is 35.6 Å². The summed E-state index contributed by atoms with van der Waals surface area (Å²) in [5.41, 5.74) is 4.27. The van der Waals surface area contributed by atoms with Crippen molar-refractivity contribution in [1.29, 1.82) is 0 Å². The molecule has 0 saturated heterocycles. The number of nitrogens with one attached hydrogen (secondary N) is 2. The standard InChI is InChI=1S/C25H22N4O4S/c1-15-13-34-25(27-15)23-22(16-8-9-19-20(11-16)33-14-32-19)28-21(29-23)7-4-10-26-24(31)18-6-3-2-5-17(18)12-30/h2-3,5-6,8-9,11-13H,4,7,10,14H2,1H3,(H,26,31)(H,28,29). The van der Waals surface area contributed by atoms with Crippen molar-refractivity contribution in [3.8, 4) is 33.5 Å². The molecule has 2 aromatic heterocycles. The van der Waals surface area contributed by atoms with Crippen LogP contribution in [0.5, 0.6) is 11.5 Å². The van der Waals surface area contributed by atoms with Gasteiger partial charge < -0.3 is 19.8 Å². The number of hydrogen-bond acceptors (Lipinski definition) is 7. The molecule has 34 heavy (non-hydrogen) atoms. The number of imidazole rings is 1. The highest BCUT2D eigenvalue weighted by atomic mass is 32.1. The first-order valence-electron chi connectivity index (χ1n) is 10.9. The van der Waals surface area contributed by atoms with Gasteiger partial charge in [-0.25, -0.2) is 9.97 Å². The van der Waals surface area contributed by atoms with Crippen LogP contribution in [0.2, 0.25) is 0 Å². The average molecular weight is 475 g/mol. The summed E-state index contributed by atoms with van der Waals surface area (Å²) >= 11 is 1.56. The maximum Gasteiger partial charge on any atom is 0.252 e. The molecule has 0 atom stereocenters. The number of carbonyl (C=O) groups excluding carboxylic acids is 2. The third kappa shape index (κ3) is 4.42. The van der Waals surface area contributed by atoms with Crippen molar-refractivity contribution in [3.05, 3.63) is 70.5 Å². The zero-order valence-corrected chi connectivity index (χ0v) is 19.3. The van der Waals surface area contributed by atoms with Crippen LogP contribution >= 0.6 is 11.3 Å². The van der Waals surface area contributed by atoms with E-state index in [0.29, 0.717) is 42.5 Å². The topological polar surface area (TPSA) is 106 Å². The Balaban J connectivity index is 1.31. The predicted octanol–water partition coefficient (Wildman–Crippen LogP) is 4.41. The van der Waals surface area contributed by atoms with Crippen LogP contribution in [0.1, 0.15) is 38.7 Å². The molecule has 172 valence electrons. The molecule has 0 fully saturated rings. The van der Waals surface area contributed by atoms with E-state index >= 15 is 0 Å². The quantitative estimate of drug-likeness (QED) is 0.289. The van der Waals surface area contributed by atoms with Gasteiger partial charge >= 0.3 is 0 Å². The summed E-state index contributed by atoms with van der Waals surface area (Å²) in [6.45, 7) is 2.63. The van der Waals surface area contributed by atoms with Crippen molar-refractivity contribution in [2.75, 3.05) is 13.3 Å². The summed E-state index contributed by atoms with van der Waals surface area (Å²) < 4.78 is 11.0. The maximum absolute atomic E-state index is 12.4. The molecule has 9 heteroatoms. The molecule has 5 rings (SSSR count). The van der Waals surface area contributed by atoms with Gasteiger partial charge in [-0.05, 0) is 37.6 Å². The van der Waals surface area contributed by atoms with Crippen LogP contribution in [0.3, 0.4) is 0 Å². The third-order valence-corrected chi connectivity index (χ3v) is 6.42. The number of thiazole rings is 1. The zero-order valence-electron chi connectivity index (χ0n) is 18.5. The highest BCUT2D eigenvalue weighted by molar-refractivity contribution is 7.13. The van der Waals surface area contributed by atoms with Crippen LogP contribution in [-0.2, 0) is 6.42 Å². The summed E-state index contributed by atoms with van der Waals surface area (Å²) in [6.07, 6.45) is 2.01. The summed E-state index contributed by atoms with van der Waals surface area (Å²) in [4.78, 5) is 36.5. The predicted molar refractivity (Wildman–Crippen MR) is 128 cm³/mol. The van der Waals surface area contributed by atoms with E-state index in [2.05, 4.69) is 15.3 Å². The molecule has 3 heterocycles. The van der Waals surface area contributed by atoms with Gasteiger partial charge in [0.1, 0.15) is 16.5 Å². The monoisotopic (exact) mass is 474 g/mol. The molecule has 0 aliphatic carbocycles. The van der Waals surface area contributed by atoms with Crippen LogP contribution in [0.15, 0.2) is 47.8 Å². The maximum atomic E-state index is 12.4. The van der Waals surface area contributed by atoms with Crippen molar-refractivity contribution in [1.82, 2.24) is 20.3 Å². The summed E-state index contributed by atoms with van der Waals surface area (Å²) in [6, 6.07) is 12.5. The number of H-pyrrole nitrogens is 1. The summed E-state index contributed by atoms with van der Waals surface area (Å²) in [5.74, 6) is 1.96. The molecule has 1 aliphatic heterocycles. The van der Waals surface area contributed by atoms with Crippen LogP contribution in [-0.4, -0.2) is 40.5 Å². The van der Waals surface area contributed by atoms with E-state index < -0.39 is 0 Å². The lowest BCUT2D eigenvalue weighted by atomic mass is 10.1. The van der Waals surface area contributed by atoms with Gasteiger partial charge in [0.2, 0.25) is 6.79 Å². The first kappa shape index (κ1) is 21.8. The lowest BCUT2D eigenvalue weighted by molar-refractivity contribution is 0.0947. The number of amides is 1. The number of aromatic nitrogens is 3. The lowest BCUT2D eigenvalue weighted by Gasteiger charge is -2.06. The second-order valence-corrected chi connectivity index (χ2v) is 8.69.